The predicted molar refractivity (Wildman–Crippen MR) is 67.7 cm³/mol. The molecule has 1 aromatic carbocycles. The molecule has 0 saturated heterocycles. The molecule has 1 rings (SSSR count). The summed E-state index contributed by atoms with van der Waals surface area (Å²) in [4.78, 5) is 11.6. The minimum atomic E-state index is -0.153. The van der Waals surface area contributed by atoms with Gasteiger partial charge in [-0.2, -0.15) is 5.26 Å². The number of nitrogens with zero attached hydrogens (tertiary/aromatic N) is 1. The zero-order chi connectivity index (χ0) is 12.8. The van der Waals surface area contributed by atoms with Crippen molar-refractivity contribution < 1.29 is 4.79 Å². The molecule has 0 aliphatic carbocycles. The lowest BCUT2D eigenvalue weighted by Gasteiger charge is -2.08. The number of anilines is 1. The lowest BCUT2D eigenvalue weighted by atomic mass is 10.1. The summed E-state index contributed by atoms with van der Waals surface area (Å²) in [6, 6.07) is 6.71. The topological polar surface area (TPSA) is 78.9 Å². The van der Waals surface area contributed by atoms with Crippen molar-refractivity contribution in [3.63, 3.8) is 0 Å². The first-order valence-corrected chi connectivity index (χ1v) is 5.66. The molecular formula is C12H14ClN3O. The predicted octanol–water partition coefficient (Wildman–Crippen LogP) is 2.28. The molecule has 0 saturated carbocycles. The molecule has 1 amide bonds. The Balaban J connectivity index is 2.68. The summed E-state index contributed by atoms with van der Waals surface area (Å²) in [5.41, 5.74) is 6.47. The molecule has 0 aliphatic heterocycles. The maximum absolute atomic E-state index is 11.6. The number of nitrogens with one attached hydrogen (secondary N) is 1. The van der Waals surface area contributed by atoms with E-state index in [1.54, 1.807) is 18.2 Å². The molecule has 90 valence electrons. The van der Waals surface area contributed by atoms with E-state index in [9.17, 15) is 4.79 Å². The molecule has 4 nitrogen and oxygen atoms in total. The monoisotopic (exact) mass is 251 g/mol. The standard InChI is InChI=1S/C12H14ClN3O/c1-8(15)2-5-12(17)16-11-6-9(7-14)3-4-10(11)13/h3-4,6,8H,2,5,15H2,1H3,(H,16,17). The van der Waals surface area contributed by atoms with E-state index < -0.39 is 0 Å². The summed E-state index contributed by atoms with van der Waals surface area (Å²) in [7, 11) is 0. The van der Waals surface area contributed by atoms with Gasteiger partial charge in [-0.25, -0.2) is 0 Å². The van der Waals surface area contributed by atoms with E-state index in [0.717, 1.165) is 0 Å². The summed E-state index contributed by atoms with van der Waals surface area (Å²) in [5, 5.41) is 11.8. The largest absolute Gasteiger partial charge is 0.328 e. The SMILES string of the molecule is CC(N)CCC(=O)Nc1cc(C#N)ccc1Cl. The number of hydrogen-bond donors (Lipinski definition) is 2. The van der Waals surface area contributed by atoms with Crippen LogP contribution in [0.15, 0.2) is 18.2 Å². The zero-order valence-electron chi connectivity index (χ0n) is 9.53. The van der Waals surface area contributed by atoms with Gasteiger partial charge in [0.25, 0.3) is 0 Å². The molecule has 0 aliphatic rings. The van der Waals surface area contributed by atoms with Gasteiger partial charge in [-0.15, -0.1) is 0 Å². The van der Waals surface area contributed by atoms with Gasteiger partial charge in [-0.1, -0.05) is 11.6 Å². The minimum Gasteiger partial charge on any atom is -0.328 e. The smallest absolute Gasteiger partial charge is 0.224 e. The number of nitrogens with two attached hydrogens (primary N) is 1. The van der Waals surface area contributed by atoms with Crippen LogP contribution in [-0.2, 0) is 4.79 Å². The van der Waals surface area contributed by atoms with Gasteiger partial charge < -0.3 is 11.1 Å². The van der Waals surface area contributed by atoms with E-state index in [1.165, 1.54) is 0 Å². The number of rotatable bonds is 4. The number of amides is 1. The summed E-state index contributed by atoms with van der Waals surface area (Å²) in [5.74, 6) is -0.153. The van der Waals surface area contributed by atoms with Crippen molar-refractivity contribution in [3.05, 3.63) is 28.8 Å². The minimum absolute atomic E-state index is 0.0123. The Labute approximate surface area is 105 Å². The molecule has 0 bridgehead atoms. The summed E-state index contributed by atoms with van der Waals surface area (Å²) < 4.78 is 0. The molecule has 5 heteroatoms. The lowest BCUT2D eigenvalue weighted by molar-refractivity contribution is -0.116. The second kappa shape index (κ2) is 6.24. The van der Waals surface area contributed by atoms with Crippen LogP contribution in [0.1, 0.15) is 25.3 Å². The molecule has 0 radical (unpaired) electrons. The van der Waals surface area contributed by atoms with Crippen molar-refractivity contribution in [1.29, 1.82) is 5.26 Å². The first kappa shape index (κ1) is 13.5. The second-order valence-corrected chi connectivity index (χ2v) is 4.28. The summed E-state index contributed by atoms with van der Waals surface area (Å²) in [6.07, 6.45) is 0.951. The molecule has 17 heavy (non-hydrogen) atoms. The summed E-state index contributed by atoms with van der Waals surface area (Å²) >= 11 is 5.91. The molecule has 0 aromatic heterocycles. The maximum Gasteiger partial charge on any atom is 0.224 e. The quantitative estimate of drug-likeness (QED) is 0.862. The highest BCUT2D eigenvalue weighted by atomic mass is 35.5. The van der Waals surface area contributed by atoms with Crippen molar-refractivity contribution in [1.82, 2.24) is 0 Å². The van der Waals surface area contributed by atoms with E-state index in [-0.39, 0.29) is 11.9 Å². The van der Waals surface area contributed by atoms with Gasteiger partial charge in [0, 0.05) is 12.5 Å². The molecule has 0 fully saturated rings. The fourth-order valence-electron chi connectivity index (χ4n) is 1.26. The number of carbonyl (C=O) groups excluding carboxylic acids is 1. The van der Waals surface area contributed by atoms with Gasteiger partial charge in [0.2, 0.25) is 5.91 Å². The van der Waals surface area contributed by atoms with E-state index in [1.807, 2.05) is 13.0 Å². The van der Waals surface area contributed by atoms with E-state index in [2.05, 4.69) is 5.32 Å². The molecule has 3 N–H and O–H groups in total. The molecule has 0 heterocycles. The van der Waals surface area contributed by atoms with E-state index in [4.69, 9.17) is 22.6 Å². The van der Waals surface area contributed by atoms with Crippen LogP contribution in [-0.4, -0.2) is 11.9 Å². The Bertz CT molecular complexity index is 452. The normalized spacial score (nSPS) is 11.6. The average molecular weight is 252 g/mol. The number of hydrogen-bond acceptors (Lipinski definition) is 3. The Morgan fingerprint density at radius 2 is 2.35 bits per heavy atom. The van der Waals surface area contributed by atoms with Crippen LogP contribution < -0.4 is 11.1 Å². The van der Waals surface area contributed by atoms with E-state index >= 15 is 0 Å². The Hall–Kier alpha value is -1.57. The maximum atomic E-state index is 11.6. The van der Waals surface area contributed by atoms with Crippen LogP contribution in [0.2, 0.25) is 5.02 Å². The summed E-state index contributed by atoms with van der Waals surface area (Å²) in [6.45, 7) is 1.84. The third-order valence-corrected chi connectivity index (χ3v) is 2.53. The van der Waals surface area contributed by atoms with Gasteiger partial charge >= 0.3 is 0 Å². The first-order chi connectivity index (χ1) is 8.02. The Morgan fingerprint density at radius 3 is 2.94 bits per heavy atom. The zero-order valence-corrected chi connectivity index (χ0v) is 10.3. The van der Waals surface area contributed by atoms with Crippen LogP contribution >= 0.6 is 11.6 Å². The third-order valence-electron chi connectivity index (χ3n) is 2.20. The van der Waals surface area contributed by atoms with Crippen LogP contribution in [0.4, 0.5) is 5.69 Å². The van der Waals surface area contributed by atoms with Crippen LogP contribution in [0.5, 0.6) is 0 Å². The average Bonchev–Trinajstić information content (AvgIpc) is 2.29. The van der Waals surface area contributed by atoms with Crippen molar-refractivity contribution >= 4 is 23.2 Å². The highest BCUT2D eigenvalue weighted by Crippen LogP contribution is 2.22. The first-order valence-electron chi connectivity index (χ1n) is 5.28. The highest BCUT2D eigenvalue weighted by Gasteiger charge is 2.07. The van der Waals surface area contributed by atoms with Gasteiger partial charge in [0.05, 0.1) is 22.3 Å². The van der Waals surface area contributed by atoms with Gasteiger partial charge in [-0.3, -0.25) is 4.79 Å². The number of carbonyl (C=O) groups is 1. The van der Waals surface area contributed by atoms with Crippen molar-refractivity contribution in [2.45, 2.75) is 25.8 Å². The van der Waals surface area contributed by atoms with Crippen LogP contribution in [0, 0.1) is 11.3 Å². The van der Waals surface area contributed by atoms with Gasteiger partial charge in [-0.05, 0) is 31.5 Å². The molecule has 1 atom stereocenters. The molecular weight excluding hydrogens is 238 g/mol. The number of nitriles is 1. The number of halogens is 1. The fourth-order valence-corrected chi connectivity index (χ4v) is 1.43. The lowest BCUT2D eigenvalue weighted by Crippen LogP contribution is -2.19. The second-order valence-electron chi connectivity index (χ2n) is 3.87. The Kier molecular flexibility index (Phi) is 4.95. The highest BCUT2D eigenvalue weighted by molar-refractivity contribution is 6.33. The van der Waals surface area contributed by atoms with Crippen LogP contribution in [0.3, 0.4) is 0 Å². The molecule has 0 spiro atoms. The van der Waals surface area contributed by atoms with Gasteiger partial charge in [0.1, 0.15) is 0 Å². The Morgan fingerprint density at radius 1 is 1.65 bits per heavy atom. The fraction of sp³-hybridized carbons (Fsp3) is 0.333. The number of benzene rings is 1. The van der Waals surface area contributed by atoms with Gasteiger partial charge in [0.15, 0.2) is 0 Å². The van der Waals surface area contributed by atoms with Crippen LogP contribution in [0.25, 0.3) is 0 Å². The third kappa shape index (κ3) is 4.43. The molecule has 1 unspecified atom stereocenters. The van der Waals surface area contributed by atoms with Crippen molar-refractivity contribution in [3.8, 4) is 6.07 Å². The van der Waals surface area contributed by atoms with E-state index in [0.29, 0.717) is 29.1 Å². The van der Waals surface area contributed by atoms with Crippen molar-refractivity contribution in [2.24, 2.45) is 5.73 Å². The molecule has 1 aromatic rings. The van der Waals surface area contributed by atoms with Crippen molar-refractivity contribution in [2.75, 3.05) is 5.32 Å².